The predicted molar refractivity (Wildman–Crippen MR) is 101 cm³/mol. The van der Waals surface area contributed by atoms with Crippen molar-refractivity contribution in [3.05, 3.63) is 16.0 Å². The summed E-state index contributed by atoms with van der Waals surface area (Å²) in [6.45, 7) is 10.3. The van der Waals surface area contributed by atoms with Crippen LogP contribution >= 0.6 is 15.9 Å². The van der Waals surface area contributed by atoms with Crippen LogP contribution in [0, 0.1) is 6.92 Å². The molecule has 1 aromatic heterocycles. The highest BCUT2D eigenvalue weighted by Crippen LogP contribution is 2.28. The summed E-state index contributed by atoms with van der Waals surface area (Å²) < 4.78 is 5.75. The molecule has 1 aliphatic heterocycles. The van der Waals surface area contributed by atoms with E-state index >= 15 is 0 Å². The highest BCUT2D eigenvalue weighted by Gasteiger charge is 2.35. The number of piperidine rings is 1. The van der Waals surface area contributed by atoms with Crippen molar-refractivity contribution in [1.29, 1.82) is 0 Å². The first-order valence-corrected chi connectivity index (χ1v) is 9.23. The number of amides is 1. The quantitative estimate of drug-likeness (QED) is 0.761. The average molecular weight is 429 g/mol. The van der Waals surface area contributed by atoms with Crippen LogP contribution in [0.25, 0.3) is 0 Å². The van der Waals surface area contributed by atoms with Gasteiger partial charge in [0.15, 0.2) is 11.5 Å². The Bertz CT molecular complexity index is 709. The maximum Gasteiger partial charge on any atom is 0.408 e. The van der Waals surface area contributed by atoms with Gasteiger partial charge in [0.2, 0.25) is 0 Å². The fourth-order valence-electron chi connectivity index (χ4n) is 2.74. The van der Waals surface area contributed by atoms with Crippen molar-refractivity contribution < 1.29 is 19.4 Å². The fourth-order valence-corrected chi connectivity index (χ4v) is 3.00. The SMILES string of the molecule is Cc1nc(N2CCC(C)(NC(=O)OC(C)(C)C)CC2)c(C(=O)O)nc1Br. The average Bonchev–Trinajstić information content (AvgIpc) is 2.47. The topological polar surface area (TPSA) is 105 Å². The molecule has 2 rings (SSSR count). The molecule has 1 amide bonds. The van der Waals surface area contributed by atoms with Gasteiger partial charge in [0.25, 0.3) is 0 Å². The molecule has 26 heavy (non-hydrogen) atoms. The van der Waals surface area contributed by atoms with E-state index < -0.39 is 23.2 Å². The van der Waals surface area contributed by atoms with E-state index in [1.165, 1.54) is 0 Å². The van der Waals surface area contributed by atoms with Crippen molar-refractivity contribution in [3.63, 3.8) is 0 Å². The number of aromatic nitrogens is 2. The largest absolute Gasteiger partial charge is 0.476 e. The predicted octanol–water partition coefficient (Wildman–Crippen LogP) is 3.13. The van der Waals surface area contributed by atoms with Crippen LogP contribution < -0.4 is 10.2 Å². The van der Waals surface area contributed by atoms with Crippen molar-refractivity contribution >= 4 is 33.8 Å². The third kappa shape index (κ3) is 5.06. The monoisotopic (exact) mass is 428 g/mol. The number of anilines is 1. The third-order valence-corrected chi connectivity index (χ3v) is 4.92. The molecule has 0 aromatic carbocycles. The zero-order valence-electron chi connectivity index (χ0n) is 15.7. The molecule has 2 heterocycles. The van der Waals surface area contributed by atoms with Crippen LogP contribution in [-0.4, -0.2) is 51.4 Å². The van der Waals surface area contributed by atoms with Crippen molar-refractivity contribution in [2.24, 2.45) is 0 Å². The molecule has 0 atom stereocenters. The summed E-state index contributed by atoms with van der Waals surface area (Å²) in [7, 11) is 0. The molecule has 1 fully saturated rings. The van der Waals surface area contributed by atoms with Gasteiger partial charge in [0, 0.05) is 18.6 Å². The van der Waals surface area contributed by atoms with E-state index in [-0.39, 0.29) is 5.69 Å². The van der Waals surface area contributed by atoms with Crippen LogP contribution in [0.15, 0.2) is 4.60 Å². The zero-order valence-corrected chi connectivity index (χ0v) is 17.3. The van der Waals surface area contributed by atoms with Crippen molar-refractivity contribution in [3.8, 4) is 0 Å². The van der Waals surface area contributed by atoms with Gasteiger partial charge < -0.3 is 20.1 Å². The van der Waals surface area contributed by atoms with Gasteiger partial charge in [-0.2, -0.15) is 0 Å². The lowest BCUT2D eigenvalue weighted by Gasteiger charge is -2.40. The molecule has 144 valence electrons. The number of carboxylic acids is 1. The van der Waals surface area contributed by atoms with E-state index in [4.69, 9.17) is 4.74 Å². The molecule has 0 saturated carbocycles. The summed E-state index contributed by atoms with van der Waals surface area (Å²) in [6, 6.07) is 0. The van der Waals surface area contributed by atoms with E-state index in [0.29, 0.717) is 42.0 Å². The number of aryl methyl sites for hydroxylation is 1. The van der Waals surface area contributed by atoms with Crippen LogP contribution in [0.1, 0.15) is 56.7 Å². The second kappa shape index (κ2) is 7.38. The number of carbonyl (C=O) groups is 2. The number of ether oxygens (including phenoxy) is 1. The molecule has 2 N–H and O–H groups in total. The molecule has 0 spiro atoms. The van der Waals surface area contributed by atoms with Crippen LogP contribution in [0.4, 0.5) is 10.6 Å². The van der Waals surface area contributed by atoms with Gasteiger partial charge in [0.1, 0.15) is 10.2 Å². The normalized spacial score (nSPS) is 16.9. The van der Waals surface area contributed by atoms with E-state index in [9.17, 15) is 14.7 Å². The molecule has 9 heteroatoms. The van der Waals surface area contributed by atoms with Gasteiger partial charge in [-0.05, 0) is 63.4 Å². The van der Waals surface area contributed by atoms with E-state index in [2.05, 4.69) is 31.2 Å². The molecule has 0 unspecified atom stereocenters. The maximum atomic E-state index is 12.1. The molecular weight excluding hydrogens is 404 g/mol. The Labute approximate surface area is 161 Å². The van der Waals surface area contributed by atoms with E-state index in [1.54, 1.807) is 6.92 Å². The molecular formula is C17H25BrN4O4. The second-order valence-corrected chi connectivity index (χ2v) is 8.50. The summed E-state index contributed by atoms with van der Waals surface area (Å²) in [6.07, 6.45) is 0.837. The lowest BCUT2D eigenvalue weighted by molar-refractivity contribution is 0.0448. The second-order valence-electron chi connectivity index (χ2n) is 7.75. The Morgan fingerprint density at radius 3 is 2.35 bits per heavy atom. The summed E-state index contributed by atoms with van der Waals surface area (Å²) in [4.78, 5) is 34.0. The number of hydrogen-bond acceptors (Lipinski definition) is 6. The Morgan fingerprint density at radius 2 is 1.85 bits per heavy atom. The Balaban J connectivity index is 2.10. The highest BCUT2D eigenvalue weighted by molar-refractivity contribution is 9.10. The van der Waals surface area contributed by atoms with Gasteiger partial charge in [-0.3, -0.25) is 0 Å². The summed E-state index contributed by atoms with van der Waals surface area (Å²) >= 11 is 3.22. The van der Waals surface area contributed by atoms with Crippen LogP contribution in [0.5, 0.6) is 0 Å². The minimum absolute atomic E-state index is 0.0776. The van der Waals surface area contributed by atoms with Crippen molar-refractivity contribution in [1.82, 2.24) is 15.3 Å². The summed E-state index contributed by atoms with van der Waals surface area (Å²) in [5, 5.41) is 12.4. The number of halogens is 1. The lowest BCUT2D eigenvalue weighted by Crippen LogP contribution is -2.54. The maximum absolute atomic E-state index is 12.1. The Kier molecular flexibility index (Phi) is 5.79. The first-order valence-electron chi connectivity index (χ1n) is 8.44. The van der Waals surface area contributed by atoms with Gasteiger partial charge in [0.05, 0.1) is 5.69 Å². The minimum Gasteiger partial charge on any atom is -0.476 e. The number of carboxylic acid groups (broad SMARTS) is 1. The number of hydrogen-bond donors (Lipinski definition) is 2. The molecule has 8 nitrogen and oxygen atoms in total. The van der Waals surface area contributed by atoms with Crippen molar-refractivity contribution in [2.75, 3.05) is 18.0 Å². The van der Waals surface area contributed by atoms with Crippen molar-refractivity contribution in [2.45, 2.75) is 58.6 Å². The van der Waals surface area contributed by atoms with Crippen LogP contribution in [0.2, 0.25) is 0 Å². The Hall–Kier alpha value is -1.90. The van der Waals surface area contributed by atoms with Crippen LogP contribution in [-0.2, 0) is 4.74 Å². The van der Waals surface area contributed by atoms with Gasteiger partial charge >= 0.3 is 12.1 Å². The van der Waals surface area contributed by atoms with E-state index in [1.807, 2.05) is 32.6 Å². The molecule has 0 aliphatic carbocycles. The smallest absolute Gasteiger partial charge is 0.408 e. The minimum atomic E-state index is -1.12. The number of aromatic carboxylic acids is 1. The van der Waals surface area contributed by atoms with E-state index in [0.717, 1.165) is 0 Å². The molecule has 1 aliphatic rings. The summed E-state index contributed by atoms with van der Waals surface area (Å²) in [5.41, 5.74) is -0.418. The number of alkyl carbamates (subject to hydrolysis) is 1. The molecule has 1 saturated heterocycles. The highest BCUT2D eigenvalue weighted by atomic mass is 79.9. The molecule has 0 radical (unpaired) electrons. The number of rotatable bonds is 3. The number of nitrogens with one attached hydrogen (secondary N) is 1. The fraction of sp³-hybridized carbons (Fsp3) is 0.647. The Morgan fingerprint density at radius 1 is 1.27 bits per heavy atom. The van der Waals surface area contributed by atoms with Crippen LogP contribution in [0.3, 0.4) is 0 Å². The molecule has 1 aromatic rings. The van der Waals surface area contributed by atoms with Gasteiger partial charge in [-0.1, -0.05) is 0 Å². The first-order chi connectivity index (χ1) is 11.9. The third-order valence-electron chi connectivity index (χ3n) is 4.17. The van der Waals surface area contributed by atoms with Gasteiger partial charge in [-0.15, -0.1) is 0 Å². The van der Waals surface area contributed by atoms with Gasteiger partial charge in [-0.25, -0.2) is 19.6 Å². The lowest BCUT2D eigenvalue weighted by atomic mass is 9.89. The summed E-state index contributed by atoms with van der Waals surface area (Å²) in [5.74, 6) is -0.758. The standard InChI is InChI=1S/C17H25BrN4O4/c1-10-12(18)20-11(14(23)24)13(19-10)22-8-6-17(5,7-9-22)21-15(25)26-16(2,3)4/h6-9H2,1-5H3,(H,21,25)(H,23,24). The number of carbonyl (C=O) groups excluding carboxylic acids is 1. The zero-order chi connectivity index (χ0) is 19.7. The number of nitrogens with zero attached hydrogens (tertiary/aromatic N) is 3. The molecule has 0 bridgehead atoms. The first kappa shape index (κ1) is 20.4.